The van der Waals surface area contributed by atoms with E-state index in [4.69, 9.17) is 0 Å². The highest BCUT2D eigenvalue weighted by Gasteiger charge is 2.40. The average Bonchev–Trinajstić information content (AvgIpc) is 2.45. The Balaban J connectivity index is 2.73. The van der Waals surface area contributed by atoms with Gasteiger partial charge in [-0.1, -0.05) is 36.7 Å². The van der Waals surface area contributed by atoms with Gasteiger partial charge in [-0.15, -0.1) is 0 Å². The Morgan fingerprint density at radius 3 is 2.40 bits per heavy atom. The van der Waals surface area contributed by atoms with Crippen molar-refractivity contribution in [2.75, 3.05) is 6.54 Å². The molecule has 2 unspecified atom stereocenters. The normalized spacial score (nSPS) is 24.5. The third-order valence-electron chi connectivity index (χ3n) is 2.96. The van der Waals surface area contributed by atoms with Gasteiger partial charge in [-0.05, 0) is 18.3 Å². The molecule has 1 aliphatic heterocycles. The molecule has 2 amide bonds. The smallest absolute Gasteiger partial charge is 0.242 e. The number of nitrogens with zero attached hydrogens (tertiary/aromatic N) is 1. The van der Waals surface area contributed by atoms with Crippen LogP contribution in [-0.4, -0.2) is 28.1 Å². The number of carbonyl (C=O) groups is 2. The molecule has 1 saturated heterocycles. The third kappa shape index (κ3) is 2.80. The van der Waals surface area contributed by atoms with Gasteiger partial charge in [-0.25, -0.2) is 0 Å². The maximum absolute atomic E-state index is 11.7. The molecule has 0 bridgehead atoms. The fraction of sp³-hybridized carbons (Fsp3) is 0.818. The van der Waals surface area contributed by atoms with Crippen LogP contribution in [0.25, 0.3) is 0 Å². The molecule has 0 aromatic carbocycles. The van der Waals surface area contributed by atoms with Gasteiger partial charge < -0.3 is 0 Å². The number of rotatable bonds is 1. The fourth-order valence-electron chi connectivity index (χ4n) is 1.72. The Bertz CT molecular complexity index is 281. The molecule has 15 heavy (non-hydrogen) atoms. The lowest BCUT2D eigenvalue weighted by Gasteiger charge is -2.26. The first-order chi connectivity index (χ1) is 6.73. The predicted molar refractivity (Wildman–Crippen MR) is 62.7 cm³/mol. The van der Waals surface area contributed by atoms with Gasteiger partial charge in [0.15, 0.2) is 0 Å². The maximum atomic E-state index is 11.7. The number of hydrogen-bond acceptors (Lipinski definition) is 2. The number of hydrogen-bond donors (Lipinski definition) is 0. The molecule has 0 radical (unpaired) electrons. The van der Waals surface area contributed by atoms with E-state index in [0.29, 0.717) is 13.0 Å². The van der Waals surface area contributed by atoms with E-state index in [-0.39, 0.29) is 28.0 Å². The summed E-state index contributed by atoms with van der Waals surface area (Å²) in [5, 5.41) is 0. The quantitative estimate of drug-likeness (QED) is 0.688. The van der Waals surface area contributed by atoms with E-state index in [1.807, 2.05) is 0 Å². The predicted octanol–water partition coefficient (Wildman–Crippen LogP) is 2.19. The summed E-state index contributed by atoms with van der Waals surface area (Å²) in [6.45, 7) is 8.64. The lowest BCUT2D eigenvalue weighted by molar-refractivity contribution is -0.141. The minimum absolute atomic E-state index is 0.0359. The van der Waals surface area contributed by atoms with Gasteiger partial charge in [0.25, 0.3) is 0 Å². The molecule has 1 fully saturated rings. The summed E-state index contributed by atoms with van der Waals surface area (Å²) in [7, 11) is 0. The first-order valence-electron chi connectivity index (χ1n) is 5.21. The van der Waals surface area contributed by atoms with E-state index >= 15 is 0 Å². The van der Waals surface area contributed by atoms with Crippen LogP contribution in [0.5, 0.6) is 0 Å². The van der Waals surface area contributed by atoms with Crippen molar-refractivity contribution in [1.29, 1.82) is 0 Å². The van der Waals surface area contributed by atoms with Crippen molar-refractivity contribution in [2.45, 2.75) is 38.9 Å². The number of carbonyl (C=O) groups excluding carboxylic acids is 2. The van der Waals surface area contributed by atoms with Crippen LogP contribution in [-0.2, 0) is 9.59 Å². The highest BCUT2D eigenvalue weighted by molar-refractivity contribution is 9.10. The van der Waals surface area contributed by atoms with Crippen molar-refractivity contribution in [3.05, 3.63) is 0 Å². The van der Waals surface area contributed by atoms with Crippen LogP contribution < -0.4 is 0 Å². The van der Waals surface area contributed by atoms with Gasteiger partial charge >= 0.3 is 0 Å². The number of imide groups is 1. The van der Waals surface area contributed by atoms with Crippen molar-refractivity contribution in [3.63, 3.8) is 0 Å². The van der Waals surface area contributed by atoms with E-state index in [0.717, 1.165) is 0 Å². The lowest BCUT2D eigenvalue weighted by Crippen LogP contribution is -2.37. The molecule has 0 saturated carbocycles. The molecule has 86 valence electrons. The summed E-state index contributed by atoms with van der Waals surface area (Å²) in [5.74, 6) is 0.123. The van der Waals surface area contributed by atoms with Crippen LogP contribution >= 0.6 is 15.9 Å². The second-order valence-electron chi connectivity index (χ2n) is 5.23. The van der Waals surface area contributed by atoms with E-state index in [1.165, 1.54) is 4.90 Å². The van der Waals surface area contributed by atoms with Gasteiger partial charge in [0.05, 0.1) is 4.83 Å². The second kappa shape index (κ2) is 4.24. The second-order valence-corrected chi connectivity index (χ2v) is 6.60. The molecular formula is C11H18BrNO2. The number of alkyl halides is 1. The van der Waals surface area contributed by atoms with Gasteiger partial charge in [0.1, 0.15) is 0 Å². The van der Waals surface area contributed by atoms with Crippen LogP contribution in [0.1, 0.15) is 34.1 Å². The SMILES string of the molecule is CC(Br)C(=O)N1CC(C(C)(C)C)CC1=O. The Morgan fingerprint density at radius 2 is 2.07 bits per heavy atom. The number of likely N-dealkylation sites (tertiary alicyclic amines) is 1. The third-order valence-corrected chi connectivity index (χ3v) is 3.35. The monoisotopic (exact) mass is 275 g/mol. The minimum atomic E-state index is -0.278. The average molecular weight is 276 g/mol. The van der Waals surface area contributed by atoms with E-state index in [9.17, 15) is 9.59 Å². The van der Waals surface area contributed by atoms with Gasteiger partial charge in [0, 0.05) is 13.0 Å². The molecular weight excluding hydrogens is 258 g/mol. The fourth-order valence-corrected chi connectivity index (χ4v) is 1.96. The van der Waals surface area contributed by atoms with Crippen molar-refractivity contribution in [2.24, 2.45) is 11.3 Å². The molecule has 4 heteroatoms. The highest BCUT2D eigenvalue weighted by atomic mass is 79.9. The molecule has 0 aliphatic carbocycles. The minimum Gasteiger partial charge on any atom is -0.281 e. The van der Waals surface area contributed by atoms with Gasteiger partial charge in [-0.3, -0.25) is 14.5 Å². The number of amides is 2. The Kier molecular flexibility index (Phi) is 3.59. The Hall–Kier alpha value is -0.380. The molecule has 1 heterocycles. The van der Waals surface area contributed by atoms with E-state index < -0.39 is 0 Å². The van der Waals surface area contributed by atoms with Crippen LogP contribution in [0.4, 0.5) is 0 Å². The Morgan fingerprint density at radius 1 is 1.53 bits per heavy atom. The highest BCUT2D eigenvalue weighted by Crippen LogP contribution is 2.34. The van der Waals surface area contributed by atoms with Crippen LogP contribution in [0.2, 0.25) is 0 Å². The molecule has 2 atom stereocenters. The molecule has 0 N–H and O–H groups in total. The standard InChI is InChI=1S/C11H18BrNO2/c1-7(12)10(15)13-6-8(5-9(13)14)11(2,3)4/h7-8H,5-6H2,1-4H3. The zero-order valence-corrected chi connectivity index (χ0v) is 11.3. The van der Waals surface area contributed by atoms with E-state index in [2.05, 4.69) is 36.7 Å². The molecule has 1 aliphatic rings. The molecule has 1 rings (SSSR count). The zero-order valence-electron chi connectivity index (χ0n) is 9.71. The summed E-state index contributed by atoms with van der Waals surface area (Å²) in [5.41, 5.74) is 0.0836. The summed E-state index contributed by atoms with van der Waals surface area (Å²) in [4.78, 5) is 24.5. The van der Waals surface area contributed by atoms with Crippen molar-refractivity contribution in [3.8, 4) is 0 Å². The van der Waals surface area contributed by atoms with Gasteiger partial charge in [-0.2, -0.15) is 0 Å². The molecule has 0 aromatic rings. The largest absolute Gasteiger partial charge is 0.281 e. The Labute approximate surface area is 99.3 Å². The van der Waals surface area contributed by atoms with Crippen molar-refractivity contribution >= 4 is 27.7 Å². The first-order valence-corrected chi connectivity index (χ1v) is 6.13. The number of halogens is 1. The van der Waals surface area contributed by atoms with Crippen molar-refractivity contribution in [1.82, 2.24) is 4.90 Å². The molecule has 0 spiro atoms. The van der Waals surface area contributed by atoms with E-state index in [1.54, 1.807) is 6.92 Å². The van der Waals surface area contributed by atoms with Crippen LogP contribution in [0.3, 0.4) is 0 Å². The topological polar surface area (TPSA) is 37.4 Å². The first kappa shape index (κ1) is 12.7. The summed E-state index contributed by atoms with van der Waals surface area (Å²) < 4.78 is 0. The summed E-state index contributed by atoms with van der Waals surface area (Å²) in [6.07, 6.45) is 0.495. The molecule has 3 nitrogen and oxygen atoms in total. The van der Waals surface area contributed by atoms with Gasteiger partial charge in [0.2, 0.25) is 11.8 Å². The lowest BCUT2D eigenvalue weighted by atomic mass is 9.80. The summed E-state index contributed by atoms with van der Waals surface area (Å²) in [6, 6.07) is 0. The van der Waals surface area contributed by atoms with Crippen LogP contribution in [0.15, 0.2) is 0 Å². The summed E-state index contributed by atoms with van der Waals surface area (Å²) >= 11 is 3.20. The zero-order chi connectivity index (χ0) is 11.8. The maximum Gasteiger partial charge on any atom is 0.242 e. The van der Waals surface area contributed by atoms with Crippen LogP contribution in [0, 0.1) is 11.3 Å². The van der Waals surface area contributed by atoms with Crippen molar-refractivity contribution < 1.29 is 9.59 Å². The molecule has 0 aromatic heterocycles.